The molecule has 0 bridgehead atoms. The smallest absolute Gasteiger partial charge is 0.303 e. The average molecular weight is 197 g/mol. The first kappa shape index (κ1) is 10.7. The van der Waals surface area contributed by atoms with Gasteiger partial charge in [0.05, 0.1) is 18.3 Å². The molecular weight excluding hydrogens is 182 g/mol. The normalized spacial score (nSPS) is 10.4. The standard InChI is InChI=1S/C9H15N3O2/c1-2-3-6-12-8(7-10-11-12)4-5-9(13)14/h7H,2-6H2,1H3,(H,13,14). The molecule has 0 aliphatic heterocycles. The molecule has 78 valence electrons. The van der Waals surface area contributed by atoms with Crippen molar-refractivity contribution in [1.29, 1.82) is 0 Å². The fraction of sp³-hybridized carbons (Fsp3) is 0.667. The Kier molecular flexibility index (Phi) is 4.10. The maximum Gasteiger partial charge on any atom is 0.303 e. The van der Waals surface area contributed by atoms with Crippen LogP contribution in [0, 0.1) is 0 Å². The molecule has 0 saturated carbocycles. The minimum atomic E-state index is -0.784. The zero-order valence-corrected chi connectivity index (χ0v) is 8.31. The number of unbranched alkanes of at least 4 members (excludes halogenated alkanes) is 1. The van der Waals surface area contributed by atoms with Crippen molar-refractivity contribution in [3.63, 3.8) is 0 Å². The van der Waals surface area contributed by atoms with Crippen LogP contribution in [0.25, 0.3) is 0 Å². The van der Waals surface area contributed by atoms with Crippen LogP contribution in [-0.2, 0) is 17.8 Å². The zero-order chi connectivity index (χ0) is 10.4. The number of hydrogen-bond donors (Lipinski definition) is 1. The molecule has 0 spiro atoms. The van der Waals surface area contributed by atoms with Crippen molar-refractivity contribution in [1.82, 2.24) is 15.0 Å². The van der Waals surface area contributed by atoms with Gasteiger partial charge in [-0.2, -0.15) is 0 Å². The quantitative estimate of drug-likeness (QED) is 0.741. The Morgan fingerprint density at radius 3 is 3.07 bits per heavy atom. The molecule has 0 aliphatic rings. The second-order valence-corrected chi connectivity index (χ2v) is 3.20. The Morgan fingerprint density at radius 1 is 1.64 bits per heavy atom. The highest BCUT2D eigenvalue weighted by Gasteiger charge is 2.05. The summed E-state index contributed by atoms with van der Waals surface area (Å²) < 4.78 is 1.78. The molecule has 0 fully saturated rings. The van der Waals surface area contributed by atoms with E-state index < -0.39 is 5.97 Å². The zero-order valence-electron chi connectivity index (χ0n) is 8.31. The van der Waals surface area contributed by atoms with Crippen LogP contribution in [0.4, 0.5) is 0 Å². The summed E-state index contributed by atoms with van der Waals surface area (Å²) in [4.78, 5) is 10.4. The maximum atomic E-state index is 10.4. The number of aryl methyl sites for hydroxylation is 2. The predicted octanol–water partition coefficient (Wildman–Crippen LogP) is 1.10. The van der Waals surface area contributed by atoms with Gasteiger partial charge in [-0.1, -0.05) is 18.6 Å². The predicted molar refractivity (Wildman–Crippen MR) is 50.9 cm³/mol. The van der Waals surface area contributed by atoms with Gasteiger partial charge in [0.2, 0.25) is 0 Å². The number of aromatic nitrogens is 3. The summed E-state index contributed by atoms with van der Waals surface area (Å²) >= 11 is 0. The fourth-order valence-corrected chi connectivity index (χ4v) is 1.20. The molecule has 1 rings (SSSR count). The van der Waals surface area contributed by atoms with Gasteiger partial charge in [0.1, 0.15) is 0 Å². The van der Waals surface area contributed by atoms with E-state index in [1.807, 2.05) is 0 Å². The number of carboxylic acid groups (broad SMARTS) is 1. The molecule has 0 amide bonds. The monoisotopic (exact) mass is 197 g/mol. The largest absolute Gasteiger partial charge is 0.481 e. The molecule has 1 aromatic heterocycles. The maximum absolute atomic E-state index is 10.4. The number of aliphatic carboxylic acids is 1. The minimum Gasteiger partial charge on any atom is -0.481 e. The number of carbonyl (C=O) groups is 1. The highest BCUT2D eigenvalue weighted by atomic mass is 16.4. The van der Waals surface area contributed by atoms with Crippen LogP contribution in [0.2, 0.25) is 0 Å². The van der Waals surface area contributed by atoms with Crippen molar-refractivity contribution in [3.8, 4) is 0 Å². The van der Waals surface area contributed by atoms with Gasteiger partial charge in [-0.15, -0.1) is 5.10 Å². The second-order valence-electron chi connectivity index (χ2n) is 3.20. The van der Waals surface area contributed by atoms with Gasteiger partial charge < -0.3 is 5.11 Å². The first-order valence-electron chi connectivity index (χ1n) is 4.83. The third-order valence-electron chi connectivity index (χ3n) is 2.02. The molecule has 5 nitrogen and oxygen atoms in total. The van der Waals surface area contributed by atoms with Crippen LogP contribution in [-0.4, -0.2) is 26.1 Å². The van der Waals surface area contributed by atoms with Crippen LogP contribution in [0.5, 0.6) is 0 Å². The van der Waals surface area contributed by atoms with E-state index >= 15 is 0 Å². The van der Waals surface area contributed by atoms with Gasteiger partial charge >= 0.3 is 5.97 Å². The Balaban J connectivity index is 2.49. The third kappa shape index (κ3) is 3.16. The van der Waals surface area contributed by atoms with E-state index in [0.29, 0.717) is 6.42 Å². The summed E-state index contributed by atoms with van der Waals surface area (Å²) in [5, 5.41) is 16.2. The number of hydrogen-bond acceptors (Lipinski definition) is 3. The summed E-state index contributed by atoms with van der Waals surface area (Å²) in [5.41, 5.74) is 0.904. The summed E-state index contributed by atoms with van der Waals surface area (Å²) in [6.45, 7) is 2.93. The van der Waals surface area contributed by atoms with E-state index in [2.05, 4.69) is 17.2 Å². The highest BCUT2D eigenvalue weighted by molar-refractivity contribution is 5.66. The van der Waals surface area contributed by atoms with Crippen LogP contribution in [0.3, 0.4) is 0 Å². The van der Waals surface area contributed by atoms with Crippen LogP contribution in [0.15, 0.2) is 6.20 Å². The third-order valence-corrected chi connectivity index (χ3v) is 2.02. The molecule has 0 radical (unpaired) electrons. The van der Waals surface area contributed by atoms with Crippen LogP contribution >= 0.6 is 0 Å². The molecule has 1 aromatic rings. The molecule has 1 heterocycles. The SMILES string of the molecule is CCCCn1nncc1CCC(=O)O. The molecule has 14 heavy (non-hydrogen) atoms. The van der Waals surface area contributed by atoms with Gasteiger partial charge in [0.15, 0.2) is 0 Å². The van der Waals surface area contributed by atoms with Crippen molar-refractivity contribution in [2.24, 2.45) is 0 Å². The van der Waals surface area contributed by atoms with E-state index in [1.165, 1.54) is 0 Å². The van der Waals surface area contributed by atoms with Crippen molar-refractivity contribution < 1.29 is 9.90 Å². The Labute approximate surface area is 82.7 Å². The molecule has 0 saturated heterocycles. The van der Waals surface area contributed by atoms with E-state index in [1.54, 1.807) is 10.9 Å². The van der Waals surface area contributed by atoms with E-state index in [9.17, 15) is 4.79 Å². The lowest BCUT2D eigenvalue weighted by molar-refractivity contribution is -0.136. The van der Waals surface area contributed by atoms with Crippen molar-refractivity contribution in [2.45, 2.75) is 39.2 Å². The molecule has 0 unspecified atom stereocenters. The van der Waals surface area contributed by atoms with E-state index in [4.69, 9.17) is 5.11 Å². The number of rotatable bonds is 6. The van der Waals surface area contributed by atoms with Gasteiger partial charge in [-0.05, 0) is 6.42 Å². The minimum absolute atomic E-state index is 0.138. The van der Waals surface area contributed by atoms with E-state index in [-0.39, 0.29) is 6.42 Å². The summed E-state index contributed by atoms with van der Waals surface area (Å²) in [7, 11) is 0. The molecule has 0 aromatic carbocycles. The molecule has 5 heteroatoms. The fourth-order valence-electron chi connectivity index (χ4n) is 1.20. The van der Waals surface area contributed by atoms with Gasteiger partial charge in [0, 0.05) is 13.0 Å². The summed E-state index contributed by atoms with van der Waals surface area (Å²) in [6, 6.07) is 0. The molecular formula is C9H15N3O2. The van der Waals surface area contributed by atoms with Crippen molar-refractivity contribution in [3.05, 3.63) is 11.9 Å². The molecule has 0 aliphatic carbocycles. The summed E-state index contributed by atoms with van der Waals surface area (Å²) in [5.74, 6) is -0.784. The first-order chi connectivity index (χ1) is 6.74. The molecule has 0 atom stereocenters. The van der Waals surface area contributed by atoms with E-state index in [0.717, 1.165) is 25.1 Å². The Morgan fingerprint density at radius 2 is 2.43 bits per heavy atom. The lowest BCUT2D eigenvalue weighted by Gasteiger charge is -2.03. The summed E-state index contributed by atoms with van der Waals surface area (Å²) in [6.07, 6.45) is 4.42. The first-order valence-corrected chi connectivity index (χ1v) is 4.83. The van der Waals surface area contributed by atoms with Crippen LogP contribution < -0.4 is 0 Å². The van der Waals surface area contributed by atoms with Crippen LogP contribution in [0.1, 0.15) is 31.9 Å². The van der Waals surface area contributed by atoms with Gasteiger partial charge in [0.25, 0.3) is 0 Å². The lowest BCUT2D eigenvalue weighted by atomic mass is 10.2. The van der Waals surface area contributed by atoms with Crippen molar-refractivity contribution in [2.75, 3.05) is 0 Å². The number of nitrogens with zero attached hydrogens (tertiary/aromatic N) is 3. The lowest BCUT2D eigenvalue weighted by Crippen LogP contribution is -2.07. The second kappa shape index (κ2) is 5.36. The molecule has 1 N–H and O–H groups in total. The van der Waals surface area contributed by atoms with Gasteiger partial charge in [-0.3, -0.25) is 4.79 Å². The highest BCUT2D eigenvalue weighted by Crippen LogP contribution is 2.03. The number of carboxylic acids is 1. The Bertz CT molecular complexity index is 296. The Hall–Kier alpha value is -1.39. The van der Waals surface area contributed by atoms with Crippen molar-refractivity contribution >= 4 is 5.97 Å². The topological polar surface area (TPSA) is 68.0 Å². The van der Waals surface area contributed by atoms with Gasteiger partial charge in [-0.25, -0.2) is 4.68 Å². The average Bonchev–Trinajstić information content (AvgIpc) is 2.58.